The third-order valence-electron chi connectivity index (χ3n) is 2.73. The quantitative estimate of drug-likeness (QED) is 0.873. The Bertz CT molecular complexity index is 514. The number of fused-ring (bicyclic) bond motifs is 1. The van der Waals surface area contributed by atoms with Crippen LogP contribution in [0.5, 0.6) is 0 Å². The summed E-state index contributed by atoms with van der Waals surface area (Å²) in [6, 6.07) is 3.70. The molecule has 0 bridgehead atoms. The molecular weight excluding hydrogens is 228 g/mol. The number of aliphatic hydroxyl groups excluding tert-OH is 1. The Morgan fingerprint density at radius 1 is 1.39 bits per heavy atom. The van der Waals surface area contributed by atoms with Crippen molar-refractivity contribution < 1.29 is 9.52 Å². The molecule has 2 rings (SSSR count). The molecule has 0 fully saturated rings. The van der Waals surface area contributed by atoms with Crippen LogP contribution in [-0.4, -0.2) is 22.7 Å². The number of hydrogen-bond acceptors (Lipinski definition) is 4. The first kappa shape index (κ1) is 12.9. The van der Waals surface area contributed by atoms with E-state index in [1.165, 1.54) is 0 Å². The molecular formula is C14H20N2O2. The highest BCUT2D eigenvalue weighted by molar-refractivity contribution is 5.87. The Labute approximate surface area is 107 Å². The van der Waals surface area contributed by atoms with Gasteiger partial charge in [0.25, 0.3) is 0 Å². The standard InChI is InChI=1S/C14H20N2O2/c1-14(2,3)8-10(17)9-16-13-11-5-7-18-12(11)4-6-15-13/h4-7,10,17H,8-9H2,1-3H3,(H,15,16). The van der Waals surface area contributed by atoms with Crippen molar-refractivity contribution >= 4 is 16.8 Å². The van der Waals surface area contributed by atoms with E-state index in [4.69, 9.17) is 4.42 Å². The number of pyridine rings is 1. The van der Waals surface area contributed by atoms with Crippen molar-refractivity contribution in [2.24, 2.45) is 5.41 Å². The van der Waals surface area contributed by atoms with Gasteiger partial charge in [-0.3, -0.25) is 0 Å². The van der Waals surface area contributed by atoms with E-state index in [-0.39, 0.29) is 11.5 Å². The summed E-state index contributed by atoms with van der Waals surface area (Å²) in [5.41, 5.74) is 0.925. The Balaban J connectivity index is 2.00. The second-order valence-electron chi connectivity index (χ2n) is 5.79. The fourth-order valence-corrected chi connectivity index (χ4v) is 2.03. The number of aliphatic hydroxyl groups is 1. The smallest absolute Gasteiger partial charge is 0.139 e. The summed E-state index contributed by atoms with van der Waals surface area (Å²) in [6.45, 7) is 6.84. The predicted molar refractivity (Wildman–Crippen MR) is 72.6 cm³/mol. The van der Waals surface area contributed by atoms with Crippen molar-refractivity contribution in [1.82, 2.24) is 4.98 Å². The zero-order chi connectivity index (χ0) is 13.2. The molecule has 0 spiro atoms. The van der Waals surface area contributed by atoms with Gasteiger partial charge in [0.2, 0.25) is 0 Å². The number of rotatable bonds is 4. The highest BCUT2D eigenvalue weighted by atomic mass is 16.3. The van der Waals surface area contributed by atoms with E-state index >= 15 is 0 Å². The molecule has 4 heteroatoms. The third kappa shape index (κ3) is 3.23. The van der Waals surface area contributed by atoms with Gasteiger partial charge in [-0.2, -0.15) is 0 Å². The van der Waals surface area contributed by atoms with Crippen LogP contribution in [0.1, 0.15) is 27.2 Å². The monoisotopic (exact) mass is 248 g/mol. The molecule has 2 aromatic rings. The summed E-state index contributed by atoms with van der Waals surface area (Å²) in [6.07, 6.45) is 3.71. The van der Waals surface area contributed by atoms with E-state index in [2.05, 4.69) is 31.1 Å². The summed E-state index contributed by atoms with van der Waals surface area (Å²) >= 11 is 0. The molecule has 0 aliphatic heterocycles. The van der Waals surface area contributed by atoms with Gasteiger partial charge in [-0.05, 0) is 24.0 Å². The number of furan rings is 1. The molecule has 0 saturated carbocycles. The van der Waals surface area contributed by atoms with Gasteiger partial charge in [-0.1, -0.05) is 20.8 Å². The molecule has 0 amide bonds. The van der Waals surface area contributed by atoms with Crippen LogP contribution in [-0.2, 0) is 0 Å². The van der Waals surface area contributed by atoms with Crippen molar-refractivity contribution in [2.45, 2.75) is 33.3 Å². The van der Waals surface area contributed by atoms with E-state index in [1.54, 1.807) is 12.5 Å². The van der Waals surface area contributed by atoms with Gasteiger partial charge in [0.15, 0.2) is 0 Å². The van der Waals surface area contributed by atoms with E-state index in [9.17, 15) is 5.11 Å². The Kier molecular flexibility index (Phi) is 3.57. The van der Waals surface area contributed by atoms with Crippen molar-refractivity contribution in [3.8, 4) is 0 Å². The number of nitrogens with one attached hydrogen (secondary N) is 1. The van der Waals surface area contributed by atoms with Gasteiger partial charge >= 0.3 is 0 Å². The number of hydrogen-bond donors (Lipinski definition) is 2. The van der Waals surface area contributed by atoms with Crippen molar-refractivity contribution in [3.05, 3.63) is 24.6 Å². The summed E-state index contributed by atoms with van der Waals surface area (Å²) in [5, 5.41) is 14.1. The maximum Gasteiger partial charge on any atom is 0.139 e. The molecule has 2 heterocycles. The summed E-state index contributed by atoms with van der Waals surface area (Å²) in [7, 11) is 0. The molecule has 4 nitrogen and oxygen atoms in total. The average Bonchev–Trinajstić information content (AvgIpc) is 2.72. The molecule has 0 aromatic carbocycles. The largest absolute Gasteiger partial charge is 0.464 e. The Morgan fingerprint density at radius 2 is 2.17 bits per heavy atom. The fourth-order valence-electron chi connectivity index (χ4n) is 2.03. The maximum absolute atomic E-state index is 9.96. The van der Waals surface area contributed by atoms with E-state index in [0.29, 0.717) is 6.54 Å². The van der Waals surface area contributed by atoms with Gasteiger partial charge in [-0.15, -0.1) is 0 Å². The van der Waals surface area contributed by atoms with Crippen molar-refractivity contribution in [1.29, 1.82) is 0 Å². The first-order valence-corrected chi connectivity index (χ1v) is 6.20. The minimum atomic E-state index is -0.381. The second-order valence-corrected chi connectivity index (χ2v) is 5.79. The first-order chi connectivity index (χ1) is 8.46. The van der Waals surface area contributed by atoms with Gasteiger partial charge in [0, 0.05) is 12.7 Å². The van der Waals surface area contributed by atoms with Crippen LogP contribution in [0.2, 0.25) is 0 Å². The molecule has 0 saturated heterocycles. The number of anilines is 1. The predicted octanol–water partition coefficient (Wildman–Crippen LogP) is 3.04. The Morgan fingerprint density at radius 3 is 2.89 bits per heavy atom. The lowest BCUT2D eigenvalue weighted by atomic mass is 9.89. The van der Waals surface area contributed by atoms with Crippen LogP contribution in [0, 0.1) is 5.41 Å². The van der Waals surface area contributed by atoms with Crippen LogP contribution in [0.25, 0.3) is 11.0 Å². The lowest BCUT2D eigenvalue weighted by Crippen LogP contribution is -2.25. The first-order valence-electron chi connectivity index (χ1n) is 6.20. The molecule has 2 N–H and O–H groups in total. The summed E-state index contributed by atoms with van der Waals surface area (Å²) < 4.78 is 5.30. The maximum atomic E-state index is 9.96. The van der Waals surface area contributed by atoms with Gasteiger partial charge < -0.3 is 14.8 Å². The number of nitrogens with zero attached hydrogens (tertiary/aromatic N) is 1. The Hall–Kier alpha value is -1.55. The average molecular weight is 248 g/mol. The molecule has 1 unspecified atom stereocenters. The lowest BCUT2D eigenvalue weighted by Gasteiger charge is -2.22. The van der Waals surface area contributed by atoms with Crippen molar-refractivity contribution in [2.75, 3.05) is 11.9 Å². The molecule has 0 aliphatic rings. The molecule has 2 aromatic heterocycles. The molecule has 98 valence electrons. The van der Waals surface area contributed by atoms with Gasteiger partial charge in [0.1, 0.15) is 11.4 Å². The summed E-state index contributed by atoms with van der Waals surface area (Å²) in [5.74, 6) is 0.759. The lowest BCUT2D eigenvalue weighted by molar-refractivity contribution is 0.132. The number of aromatic nitrogens is 1. The zero-order valence-corrected chi connectivity index (χ0v) is 11.1. The fraction of sp³-hybridized carbons (Fsp3) is 0.500. The topological polar surface area (TPSA) is 58.3 Å². The molecule has 1 atom stereocenters. The van der Waals surface area contributed by atoms with E-state index < -0.39 is 0 Å². The molecule has 0 radical (unpaired) electrons. The van der Waals surface area contributed by atoms with Gasteiger partial charge in [-0.25, -0.2) is 4.98 Å². The minimum absolute atomic E-state index is 0.121. The minimum Gasteiger partial charge on any atom is -0.464 e. The second kappa shape index (κ2) is 4.98. The molecule has 18 heavy (non-hydrogen) atoms. The summed E-state index contributed by atoms with van der Waals surface area (Å²) in [4.78, 5) is 4.27. The third-order valence-corrected chi connectivity index (χ3v) is 2.73. The normalized spacial score (nSPS) is 13.8. The van der Waals surface area contributed by atoms with Crippen LogP contribution >= 0.6 is 0 Å². The van der Waals surface area contributed by atoms with Crippen LogP contribution in [0.3, 0.4) is 0 Å². The molecule has 0 aliphatic carbocycles. The van der Waals surface area contributed by atoms with Gasteiger partial charge in [0.05, 0.1) is 17.8 Å². The zero-order valence-electron chi connectivity index (χ0n) is 11.1. The highest BCUT2D eigenvalue weighted by Gasteiger charge is 2.16. The van der Waals surface area contributed by atoms with E-state index in [0.717, 1.165) is 23.2 Å². The van der Waals surface area contributed by atoms with Crippen LogP contribution in [0.15, 0.2) is 29.0 Å². The van der Waals surface area contributed by atoms with Crippen LogP contribution in [0.4, 0.5) is 5.82 Å². The van der Waals surface area contributed by atoms with Crippen molar-refractivity contribution in [3.63, 3.8) is 0 Å². The SMILES string of the molecule is CC(C)(C)CC(O)CNc1nccc2occc12. The highest BCUT2D eigenvalue weighted by Crippen LogP contribution is 2.23. The van der Waals surface area contributed by atoms with E-state index in [1.807, 2.05) is 12.1 Å². The van der Waals surface area contributed by atoms with Crippen LogP contribution < -0.4 is 5.32 Å².